The highest BCUT2D eigenvalue weighted by Crippen LogP contribution is 2.35. The monoisotopic (exact) mass is 511 g/mol. The predicted octanol–water partition coefficient (Wildman–Crippen LogP) is 2.69. The molecule has 3 aromatic rings. The number of likely N-dealkylation sites (N-methyl/N-ethyl adjacent to an activating group) is 1. The maximum atomic E-state index is 13.4. The molecule has 0 aliphatic carbocycles. The van der Waals surface area contributed by atoms with Crippen LogP contribution >= 0.6 is 0 Å². The molecule has 1 aliphatic heterocycles. The van der Waals surface area contributed by atoms with Crippen LogP contribution in [0.5, 0.6) is 17.2 Å². The van der Waals surface area contributed by atoms with Gasteiger partial charge in [-0.1, -0.05) is 30.3 Å². The van der Waals surface area contributed by atoms with Gasteiger partial charge in [0.2, 0.25) is 12.7 Å². The third-order valence-corrected chi connectivity index (χ3v) is 6.90. The van der Waals surface area contributed by atoms with Gasteiger partial charge in [0, 0.05) is 25.2 Å². The minimum Gasteiger partial charge on any atom is -0.497 e. The summed E-state index contributed by atoms with van der Waals surface area (Å²) in [6.07, 6.45) is 0.143. The normalized spacial score (nSPS) is 12.9. The highest BCUT2D eigenvalue weighted by molar-refractivity contribution is 7.90. The third-order valence-electron chi connectivity index (χ3n) is 5.56. The van der Waals surface area contributed by atoms with Crippen LogP contribution in [0.25, 0.3) is 0 Å². The number of anilines is 1. The molecule has 0 fully saturated rings. The summed E-state index contributed by atoms with van der Waals surface area (Å²) in [4.78, 5) is 27.4. The van der Waals surface area contributed by atoms with Gasteiger partial charge in [0.05, 0.1) is 12.0 Å². The van der Waals surface area contributed by atoms with E-state index in [1.54, 1.807) is 25.2 Å². The maximum Gasteiger partial charge on any atom is 0.329 e. The average Bonchev–Trinajstić information content (AvgIpc) is 3.36. The lowest BCUT2D eigenvalue weighted by Gasteiger charge is -2.25. The highest BCUT2D eigenvalue weighted by atomic mass is 32.2. The molecule has 0 saturated heterocycles. The van der Waals surface area contributed by atoms with Crippen molar-refractivity contribution in [1.82, 2.24) is 10.0 Å². The molecule has 4 rings (SSSR count). The quantitative estimate of drug-likeness (QED) is 0.477. The molecule has 11 heteroatoms. The number of nitrogens with one attached hydrogen (secondary N) is 2. The van der Waals surface area contributed by atoms with Crippen LogP contribution in [0.15, 0.2) is 77.7 Å². The molecule has 0 saturated carbocycles. The number of fused-ring (bicyclic) bond motifs is 1. The van der Waals surface area contributed by atoms with Gasteiger partial charge >= 0.3 is 6.03 Å². The molecule has 36 heavy (non-hydrogen) atoms. The fourth-order valence-electron chi connectivity index (χ4n) is 3.63. The van der Waals surface area contributed by atoms with Gasteiger partial charge in [-0.25, -0.2) is 17.9 Å². The molecule has 188 valence electrons. The Morgan fingerprint density at radius 2 is 1.69 bits per heavy atom. The lowest BCUT2D eigenvalue weighted by atomic mass is 10.0. The second-order valence-corrected chi connectivity index (χ2v) is 9.61. The van der Waals surface area contributed by atoms with Crippen molar-refractivity contribution in [2.45, 2.75) is 17.4 Å². The molecule has 1 aliphatic rings. The van der Waals surface area contributed by atoms with Crippen molar-refractivity contribution < 1.29 is 32.2 Å². The number of hydrogen-bond acceptors (Lipinski definition) is 7. The molecular weight excluding hydrogens is 486 g/mol. The zero-order valence-corrected chi connectivity index (χ0v) is 20.4. The summed E-state index contributed by atoms with van der Waals surface area (Å²) in [6, 6.07) is 17.6. The van der Waals surface area contributed by atoms with E-state index in [9.17, 15) is 18.0 Å². The minimum atomic E-state index is -4.18. The van der Waals surface area contributed by atoms with Gasteiger partial charge in [-0.2, -0.15) is 0 Å². The molecular formula is C25H25N3O7S. The van der Waals surface area contributed by atoms with Crippen molar-refractivity contribution in [2.24, 2.45) is 0 Å². The number of urea groups is 1. The Balaban J connectivity index is 1.52. The van der Waals surface area contributed by atoms with E-state index in [0.717, 1.165) is 5.56 Å². The Morgan fingerprint density at radius 3 is 2.39 bits per heavy atom. The Morgan fingerprint density at radius 1 is 1.00 bits per heavy atom. The van der Waals surface area contributed by atoms with Crippen molar-refractivity contribution in [3.63, 3.8) is 0 Å². The number of rotatable bonds is 8. The molecule has 1 atom stereocenters. The largest absolute Gasteiger partial charge is 0.497 e. The number of carbonyl (C=O) groups is 2. The fourth-order valence-corrected chi connectivity index (χ4v) is 4.54. The van der Waals surface area contributed by atoms with Crippen LogP contribution in [0, 0.1) is 0 Å². The first-order valence-electron chi connectivity index (χ1n) is 11.0. The lowest BCUT2D eigenvalue weighted by molar-refractivity contribution is -0.120. The molecule has 3 amide bonds. The number of benzene rings is 3. The fraction of sp³-hybridized carbons (Fsp3) is 0.200. The Bertz CT molecular complexity index is 1350. The van der Waals surface area contributed by atoms with E-state index in [0.29, 0.717) is 22.9 Å². The van der Waals surface area contributed by atoms with Crippen LogP contribution in [0.2, 0.25) is 0 Å². The van der Waals surface area contributed by atoms with E-state index in [-0.39, 0.29) is 18.1 Å². The zero-order valence-electron chi connectivity index (χ0n) is 19.6. The van der Waals surface area contributed by atoms with E-state index >= 15 is 0 Å². The summed E-state index contributed by atoms with van der Waals surface area (Å²) >= 11 is 0. The van der Waals surface area contributed by atoms with Gasteiger partial charge in [-0.15, -0.1) is 0 Å². The first kappa shape index (κ1) is 24.9. The smallest absolute Gasteiger partial charge is 0.329 e. The van der Waals surface area contributed by atoms with Crippen molar-refractivity contribution in [3.05, 3.63) is 78.4 Å². The molecule has 0 radical (unpaired) electrons. The summed E-state index contributed by atoms with van der Waals surface area (Å²) < 4.78 is 43.1. The number of sulfonamides is 1. The number of amides is 3. The SMILES string of the molecule is COc1ccc(S(=O)(=O)NC(=O)N[C@@H](Cc2ccccc2)C(=O)N(C)c2ccc3c(c2)OCO3)cc1. The summed E-state index contributed by atoms with van der Waals surface area (Å²) in [5, 5.41) is 2.52. The summed E-state index contributed by atoms with van der Waals surface area (Å²) in [5.74, 6) is 1.10. The zero-order chi connectivity index (χ0) is 25.7. The maximum absolute atomic E-state index is 13.4. The van der Waals surface area contributed by atoms with Gasteiger partial charge in [-0.3, -0.25) is 4.79 Å². The van der Waals surface area contributed by atoms with E-state index < -0.39 is 28.0 Å². The highest BCUT2D eigenvalue weighted by Gasteiger charge is 2.28. The summed E-state index contributed by atoms with van der Waals surface area (Å²) in [5.41, 5.74) is 1.31. The number of carbonyl (C=O) groups excluding carboxylic acids is 2. The third kappa shape index (κ3) is 5.69. The van der Waals surface area contributed by atoms with Gasteiger partial charge in [-0.05, 0) is 42.0 Å². The average molecular weight is 512 g/mol. The Kier molecular flexibility index (Phi) is 7.30. The summed E-state index contributed by atoms with van der Waals surface area (Å²) in [6.45, 7) is 0.0947. The van der Waals surface area contributed by atoms with E-state index in [2.05, 4.69) is 5.32 Å². The van der Waals surface area contributed by atoms with Gasteiger partial charge in [0.25, 0.3) is 10.0 Å². The van der Waals surface area contributed by atoms with Crippen LogP contribution in [0.1, 0.15) is 5.56 Å². The minimum absolute atomic E-state index is 0.0947. The van der Waals surface area contributed by atoms with Gasteiger partial charge in [0.1, 0.15) is 11.8 Å². The van der Waals surface area contributed by atoms with Crippen molar-refractivity contribution >= 4 is 27.6 Å². The Labute approximate surface area is 208 Å². The predicted molar refractivity (Wildman–Crippen MR) is 132 cm³/mol. The van der Waals surface area contributed by atoms with Crippen molar-refractivity contribution in [1.29, 1.82) is 0 Å². The van der Waals surface area contributed by atoms with Crippen LogP contribution < -0.4 is 29.1 Å². The second kappa shape index (κ2) is 10.6. The first-order valence-corrected chi connectivity index (χ1v) is 12.4. The van der Waals surface area contributed by atoms with Crippen LogP contribution in [0.3, 0.4) is 0 Å². The molecule has 0 unspecified atom stereocenters. The van der Waals surface area contributed by atoms with Crippen molar-refractivity contribution in [3.8, 4) is 17.2 Å². The van der Waals surface area contributed by atoms with Crippen molar-refractivity contribution in [2.75, 3.05) is 25.9 Å². The molecule has 1 heterocycles. The van der Waals surface area contributed by atoms with E-state index in [1.165, 1.54) is 36.3 Å². The molecule has 0 spiro atoms. The standard InChI is InChI=1S/C25H25N3O7S/c1-28(18-8-13-22-23(15-18)35-16-34-22)24(29)21(14-17-6-4-3-5-7-17)26-25(30)27-36(31,32)20-11-9-19(33-2)10-12-20/h3-13,15,21H,14,16H2,1-2H3,(H2,26,27,30)/t21-/m0/s1. The van der Waals surface area contributed by atoms with Gasteiger partial charge in [0.15, 0.2) is 11.5 Å². The molecule has 0 aromatic heterocycles. The first-order chi connectivity index (χ1) is 17.3. The van der Waals surface area contributed by atoms with E-state index in [1.807, 2.05) is 35.1 Å². The summed E-state index contributed by atoms with van der Waals surface area (Å²) in [7, 11) is -1.16. The van der Waals surface area contributed by atoms with Crippen LogP contribution in [-0.2, 0) is 21.2 Å². The topological polar surface area (TPSA) is 123 Å². The van der Waals surface area contributed by atoms with E-state index in [4.69, 9.17) is 14.2 Å². The molecule has 0 bridgehead atoms. The number of nitrogens with zero attached hydrogens (tertiary/aromatic N) is 1. The Hall–Kier alpha value is -4.25. The van der Waals surface area contributed by atoms with Crippen LogP contribution in [-0.4, -0.2) is 47.3 Å². The van der Waals surface area contributed by atoms with Gasteiger partial charge < -0.3 is 24.4 Å². The molecule has 10 nitrogen and oxygen atoms in total. The number of methoxy groups -OCH3 is 1. The lowest BCUT2D eigenvalue weighted by Crippen LogP contribution is -2.52. The molecule has 3 aromatic carbocycles. The second-order valence-electron chi connectivity index (χ2n) is 7.93. The number of hydrogen-bond donors (Lipinski definition) is 2. The number of ether oxygens (including phenoxy) is 3. The van der Waals surface area contributed by atoms with Crippen LogP contribution in [0.4, 0.5) is 10.5 Å². The molecule has 2 N–H and O–H groups in total.